The number of hydrogen-bond donors (Lipinski definition) is 1. The van der Waals surface area contributed by atoms with Gasteiger partial charge in [0.2, 0.25) is 0 Å². The van der Waals surface area contributed by atoms with Gasteiger partial charge in [0.1, 0.15) is 5.75 Å². The van der Waals surface area contributed by atoms with E-state index in [1.807, 2.05) is 25.1 Å². The molecule has 20 heavy (non-hydrogen) atoms. The van der Waals surface area contributed by atoms with E-state index in [2.05, 4.69) is 35.6 Å². The Hall–Kier alpha value is -2.00. The van der Waals surface area contributed by atoms with Crippen LogP contribution in [0.1, 0.15) is 18.1 Å². The number of anilines is 1. The van der Waals surface area contributed by atoms with Gasteiger partial charge < -0.3 is 14.8 Å². The lowest BCUT2D eigenvalue weighted by atomic mass is 10.2. The molecule has 106 valence electrons. The highest BCUT2D eigenvalue weighted by molar-refractivity contribution is 5.46. The van der Waals surface area contributed by atoms with E-state index in [4.69, 9.17) is 9.47 Å². The molecule has 0 amide bonds. The van der Waals surface area contributed by atoms with Crippen LogP contribution >= 0.6 is 0 Å². The molecule has 0 saturated carbocycles. The fraction of sp³-hybridized carbons (Fsp3) is 0.294. The zero-order valence-corrected chi connectivity index (χ0v) is 12.1. The normalized spacial score (nSPS) is 10.3. The second-order valence-corrected chi connectivity index (χ2v) is 4.57. The minimum absolute atomic E-state index is 0.634. The summed E-state index contributed by atoms with van der Waals surface area (Å²) in [6, 6.07) is 16.4. The second-order valence-electron chi connectivity index (χ2n) is 4.57. The van der Waals surface area contributed by atoms with E-state index >= 15 is 0 Å². The summed E-state index contributed by atoms with van der Waals surface area (Å²) in [7, 11) is 1.71. The fourth-order valence-corrected chi connectivity index (χ4v) is 2.05. The van der Waals surface area contributed by atoms with E-state index in [9.17, 15) is 0 Å². The zero-order valence-electron chi connectivity index (χ0n) is 12.1. The summed E-state index contributed by atoms with van der Waals surface area (Å²) in [5.74, 6) is 0.917. The SMILES string of the molecule is CCOc1cccc(CNc2cccc(COC)c2)c1. The molecule has 0 aliphatic heterocycles. The largest absolute Gasteiger partial charge is 0.494 e. The third-order valence-corrected chi connectivity index (χ3v) is 2.94. The van der Waals surface area contributed by atoms with Gasteiger partial charge in [0.15, 0.2) is 0 Å². The van der Waals surface area contributed by atoms with Gasteiger partial charge in [0.05, 0.1) is 13.2 Å². The van der Waals surface area contributed by atoms with Crippen LogP contribution in [-0.4, -0.2) is 13.7 Å². The van der Waals surface area contributed by atoms with Crippen molar-refractivity contribution >= 4 is 5.69 Å². The van der Waals surface area contributed by atoms with Crippen molar-refractivity contribution in [3.63, 3.8) is 0 Å². The monoisotopic (exact) mass is 271 g/mol. The molecule has 0 radical (unpaired) electrons. The smallest absolute Gasteiger partial charge is 0.119 e. The number of rotatable bonds is 7. The Morgan fingerprint density at radius 1 is 1.00 bits per heavy atom. The molecule has 0 heterocycles. The van der Waals surface area contributed by atoms with Crippen molar-refractivity contribution in [3.05, 3.63) is 59.7 Å². The molecule has 2 rings (SSSR count). The molecule has 0 spiro atoms. The van der Waals surface area contributed by atoms with E-state index in [0.29, 0.717) is 13.2 Å². The number of methoxy groups -OCH3 is 1. The van der Waals surface area contributed by atoms with Gasteiger partial charge in [-0.25, -0.2) is 0 Å². The number of ether oxygens (including phenoxy) is 2. The van der Waals surface area contributed by atoms with Gasteiger partial charge >= 0.3 is 0 Å². The molecule has 0 bridgehead atoms. The lowest BCUT2D eigenvalue weighted by Gasteiger charge is -2.10. The Labute approximate surface area is 120 Å². The highest BCUT2D eigenvalue weighted by Gasteiger charge is 1.98. The van der Waals surface area contributed by atoms with Gasteiger partial charge in [0.25, 0.3) is 0 Å². The Kier molecular flexibility index (Phi) is 5.44. The average Bonchev–Trinajstić information content (AvgIpc) is 2.47. The van der Waals surface area contributed by atoms with E-state index in [1.54, 1.807) is 7.11 Å². The van der Waals surface area contributed by atoms with E-state index in [0.717, 1.165) is 18.0 Å². The van der Waals surface area contributed by atoms with Crippen molar-refractivity contribution in [2.45, 2.75) is 20.1 Å². The summed E-state index contributed by atoms with van der Waals surface area (Å²) < 4.78 is 10.6. The van der Waals surface area contributed by atoms with Gasteiger partial charge in [-0.15, -0.1) is 0 Å². The van der Waals surface area contributed by atoms with Crippen LogP contribution in [0.2, 0.25) is 0 Å². The summed E-state index contributed by atoms with van der Waals surface area (Å²) in [6.45, 7) is 4.09. The average molecular weight is 271 g/mol. The van der Waals surface area contributed by atoms with Crippen LogP contribution in [0.25, 0.3) is 0 Å². The van der Waals surface area contributed by atoms with Crippen LogP contribution < -0.4 is 10.1 Å². The lowest BCUT2D eigenvalue weighted by Crippen LogP contribution is -2.01. The Morgan fingerprint density at radius 3 is 2.60 bits per heavy atom. The number of nitrogens with one attached hydrogen (secondary N) is 1. The molecule has 0 aliphatic rings. The first-order valence-corrected chi connectivity index (χ1v) is 6.85. The molecule has 2 aromatic carbocycles. The third-order valence-electron chi connectivity index (χ3n) is 2.94. The van der Waals surface area contributed by atoms with Gasteiger partial charge in [-0.05, 0) is 42.3 Å². The summed E-state index contributed by atoms with van der Waals surface area (Å²) in [6.07, 6.45) is 0. The minimum Gasteiger partial charge on any atom is -0.494 e. The summed E-state index contributed by atoms with van der Waals surface area (Å²) in [4.78, 5) is 0. The Morgan fingerprint density at radius 2 is 1.80 bits per heavy atom. The quantitative estimate of drug-likeness (QED) is 0.830. The minimum atomic E-state index is 0.634. The van der Waals surface area contributed by atoms with Gasteiger partial charge in [-0.3, -0.25) is 0 Å². The highest BCUT2D eigenvalue weighted by Crippen LogP contribution is 2.16. The Bertz CT molecular complexity index is 491. The van der Waals surface area contributed by atoms with Crippen LogP contribution in [-0.2, 0) is 17.9 Å². The molecular weight excluding hydrogens is 250 g/mol. The van der Waals surface area contributed by atoms with Crippen LogP contribution in [0.15, 0.2) is 48.5 Å². The summed E-state index contributed by atoms with van der Waals surface area (Å²) in [5.41, 5.74) is 3.47. The van der Waals surface area contributed by atoms with Gasteiger partial charge in [-0.1, -0.05) is 24.3 Å². The second kappa shape index (κ2) is 7.56. The van der Waals surface area contributed by atoms with Crippen molar-refractivity contribution < 1.29 is 9.47 Å². The molecule has 1 N–H and O–H groups in total. The van der Waals surface area contributed by atoms with Crippen LogP contribution in [0.3, 0.4) is 0 Å². The predicted octanol–water partition coefficient (Wildman–Crippen LogP) is 3.84. The summed E-state index contributed by atoms with van der Waals surface area (Å²) in [5, 5.41) is 3.42. The van der Waals surface area contributed by atoms with E-state index in [1.165, 1.54) is 11.1 Å². The molecular formula is C17H21NO2. The molecule has 0 saturated heterocycles. The maximum Gasteiger partial charge on any atom is 0.119 e. The summed E-state index contributed by atoms with van der Waals surface area (Å²) >= 11 is 0. The Balaban J connectivity index is 1.97. The van der Waals surface area contributed by atoms with Crippen molar-refractivity contribution in [3.8, 4) is 5.75 Å². The van der Waals surface area contributed by atoms with Crippen LogP contribution in [0, 0.1) is 0 Å². The topological polar surface area (TPSA) is 30.5 Å². The molecule has 2 aromatic rings. The van der Waals surface area contributed by atoms with E-state index < -0.39 is 0 Å². The first-order chi connectivity index (χ1) is 9.81. The first kappa shape index (κ1) is 14.4. The van der Waals surface area contributed by atoms with Gasteiger partial charge in [0, 0.05) is 19.3 Å². The van der Waals surface area contributed by atoms with Gasteiger partial charge in [-0.2, -0.15) is 0 Å². The molecule has 0 aliphatic carbocycles. The molecule has 3 nitrogen and oxygen atoms in total. The van der Waals surface area contributed by atoms with Crippen LogP contribution in [0.4, 0.5) is 5.69 Å². The maximum absolute atomic E-state index is 5.51. The standard InChI is InChI=1S/C17H21NO2/c1-3-20-17-9-5-6-14(11-17)12-18-16-8-4-7-15(10-16)13-19-2/h4-11,18H,3,12-13H2,1-2H3. The predicted molar refractivity (Wildman–Crippen MR) is 82.1 cm³/mol. The fourth-order valence-electron chi connectivity index (χ4n) is 2.05. The van der Waals surface area contributed by atoms with Crippen molar-refractivity contribution in [1.29, 1.82) is 0 Å². The third kappa shape index (κ3) is 4.28. The zero-order chi connectivity index (χ0) is 14.2. The number of hydrogen-bond acceptors (Lipinski definition) is 3. The van der Waals surface area contributed by atoms with Crippen molar-refractivity contribution in [2.75, 3.05) is 19.0 Å². The molecule has 0 atom stereocenters. The van der Waals surface area contributed by atoms with E-state index in [-0.39, 0.29) is 0 Å². The lowest BCUT2D eigenvalue weighted by molar-refractivity contribution is 0.185. The molecule has 0 fully saturated rings. The molecule has 0 unspecified atom stereocenters. The highest BCUT2D eigenvalue weighted by atomic mass is 16.5. The maximum atomic E-state index is 5.51. The van der Waals surface area contributed by atoms with Crippen molar-refractivity contribution in [2.24, 2.45) is 0 Å². The molecule has 0 aromatic heterocycles. The number of benzene rings is 2. The molecule has 3 heteroatoms. The van der Waals surface area contributed by atoms with Crippen LogP contribution in [0.5, 0.6) is 5.75 Å². The first-order valence-electron chi connectivity index (χ1n) is 6.85. The van der Waals surface area contributed by atoms with Crippen molar-refractivity contribution in [1.82, 2.24) is 0 Å².